The van der Waals surface area contributed by atoms with Gasteiger partial charge in [0.15, 0.2) is 11.5 Å². The van der Waals surface area contributed by atoms with Gasteiger partial charge < -0.3 is 4.42 Å². The van der Waals surface area contributed by atoms with Crippen LogP contribution in [0, 0.1) is 0 Å². The van der Waals surface area contributed by atoms with Gasteiger partial charge in [-0.05, 0) is 11.5 Å². The predicted molar refractivity (Wildman–Crippen MR) is 65.6 cm³/mol. The fourth-order valence-corrected chi connectivity index (χ4v) is 1.92. The van der Waals surface area contributed by atoms with Gasteiger partial charge in [-0.15, -0.1) is 0 Å². The van der Waals surface area contributed by atoms with Gasteiger partial charge in [0.05, 0.1) is 0 Å². The molecule has 0 N–H and O–H groups in total. The number of hydrogen-bond acceptors (Lipinski definition) is 2. The summed E-state index contributed by atoms with van der Waals surface area (Å²) in [4.78, 5) is 4.50. The smallest absolute Gasteiger partial charge is 0.198 e. The van der Waals surface area contributed by atoms with Crippen molar-refractivity contribution in [2.75, 3.05) is 0 Å². The summed E-state index contributed by atoms with van der Waals surface area (Å²) < 4.78 is 5.83. The van der Waals surface area contributed by atoms with Gasteiger partial charge in [0.2, 0.25) is 0 Å². The second kappa shape index (κ2) is 3.34. The average Bonchev–Trinajstić information content (AvgIpc) is 2.73. The predicted octanol–water partition coefficient (Wildman–Crippen LogP) is 4.10. The quantitative estimate of drug-likeness (QED) is 0.605. The number of rotatable bonds is 1. The van der Waals surface area contributed by atoms with Crippen LogP contribution in [0.5, 0.6) is 0 Å². The molecular weight excluding hydrogens is 198 g/mol. The van der Waals surface area contributed by atoms with Crippen LogP contribution in [-0.4, -0.2) is 4.98 Å². The van der Waals surface area contributed by atoms with Crippen molar-refractivity contribution in [2.45, 2.75) is 19.8 Å². The average molecular weight is 211 g/mol. The lowest BCUT2D eigenvalue weighted by molar-refractivity contribution is 0.503. The van der Waals surface area contributed by atoms with Gasteiger partial charge in [-0.2, -0.15) is 0 Å². The third-order valence-corrected chi connectivity index (χ3v) is 2.79. The Hall–Kier alpha value is -1.83. The second-order valence-electron chi connectivity index (χ2n) is 4.34. The van der Waals surface area contributed by atoms with Crippen molar-refractivity contribution in [1.29, 1.82) is 0 Å². The van der Waals surface area contributed by atoms with Crippen molar-refractivity contribution in [3.8, 4) is 0 Å². The first-order valence-electron chi connectivity index (χ1n) is 5.54. The molecule has 2 heteroatoms. The maximum absolute atomic E-state index is 5.83. The summed E-state index contributed by atoms with van der Waals surface area (Å²) in [6, 6.07) is 12.3. The lowest BCUT2D eigenvalue weighted by Crippen LogP contribution is -1.84. The minimum atomic E-state index is 0.325. The van der Waals surface area contributed by atoms with E-state index in [0.717, 1.165) is 22.4 Å². The van der Waals surface area contributed by atoms with Gasteiger partial charge in [-0.1, -0.05) is 44.2 Å². The van der Waals surface area contributed by atoms with Crippen LogP contribution < -0.4 is 0 Å². The van der Waals surface area contributed by atoms with Crippen molar-refractivity contribution in [2.24, 2.45) is 0 Å². The SMILES string of the molecule is CC(C)c1nc2ccc3ccccc3c2o1. The second-order valence-corrected chi connectivity index (χ2v) is 4.34. The molecule has 2 aromatic carbocycles. The largest absolute Gasteiger partial charge is 0.440 e. The molecule has 0 unspecified atom stereocenters. The number of hydrogen-bond donors (Lipinski definition) is 0. The molecule has 0 spiro atoms. The number of oxazole rings is 1. The van der Waals surface area contributed by atoms with Crippen LogP contribution >= 0.6 is 0 Å². The van der Waals surface area contributed by atoms with Crippen molar-refractivity contribution < 1.29 is 4.42 Å². The first-order chi connectivity index (χ1) is 7.75. The number of aromatic nitrogens is 1. The molecule has 2 nitrogen and oxygen atoms in total. The van der Waals surface area contributed by atoms with E-state index in [4.69, 9.17) is 4.42 Å². The normalized spacial score (nSPS) is 11.7. The van der Waals surface area contributed by atoms with Gasteiger partial charge in [0, 0.05) is 11.3 Å². The molecule has 1 heterocycles. The molecule has 80 valence electrons. The summed E-state index contributed by atoms with van der Waals surface area (Å²) in [5, 5.41) is 2.33. The first-order valence-corrected chi connectivity index (χ1v) is 5.54. The Morgan fingerprint density at radius 2 is 1.88 bits per heavy atom. The summed E-state index contributed by atoms with van der Waals surface area (Å²) in [6.45, 7) is 4.18. The molecule has 0 saturated carbocycles. The molecule has 0 saturated heterocycles. The monoisotopic (exact) mass is 211 g/mol. The topological polar surface area (TPSA) is 26.0 Å². The summed E-state index contributed by atoms with van der Waals surface area (Å²) in [6.07, 6.45) is 0. The van der Waals surface area contributed by atoms with E-state index in [1.54, 1.807) is 0 Å². The van der Waals surface area contributed by atoms with Crippen molar-refractivity contribution in [1.82, 2.24) is 4.98 Å². The summed E-state index contributed by atoms with van der Waals surface area (Å²) in [5.74, 6) is 1.14. The highest BCUT2D eigenvalue weighted by molar-refractivity contribution is 6.02. The molecule has 0 bridgehead atoms. The highest BCUT2D eigenvalue weighted by Gasteiger charge is 2.11. The van der Waals surface area contributed by atoms with Gasteiger partial charge >= 0.3 is 0 Å². The van der Waals surface area contributed by atoms with Crippen LogP contribution in [0.25, 0.3) is 21.9 Å². The van der Waals surface area contributed by atoms with Gasteiger partial charge in [0.1, 0.15) is 5.52 Å². The highest BCUT2D eigenvalue weighted by Crippen LogP contribution is 2.28. The minimum Gasteiger partial charge on any atom is -0.440 e. The Labute approximate surface area is 93.9 Å². The first kappa shape index (κ1) is 9.40. The third-order valence-electron chi connectivity index (χ3n) is 2.79. The maximum Gasteiger partial charge on any atom is 0.198 e. The third kappa shape index (κ3) is 1.30. The standard InChI is InChI=1S/C14H13NO/c1-9(2)14-15-12-8-7-10-5-3-4-6-11(10)13(12)16-14/h3-9H,1-2H3. The zero-order chi connectivity index (χ0) is 11.1. The molecule has 3 rings (SSSR count). The molecular formula is C14H13NO. The van der Waals surface area contributed by atoms with Gasteiger partial charge in [0.25, 0.3) is 0 Å². The molecule has 3 aromatic rings. The van der Waals surface area contributed by atoms with Crippen LogP contribution in [-0.2, 0) is 0 Å². The van der Waals surface area contributed by atoms with E-state index in [0.29, 0.717) is 5.92 Å². The van der Waals surface area contributed by atoms with Crippen LogP contribution in [0.1, 0.15) is 25.7 Å². The van der Waals surface area contributed by atoms with Crippen LogP contribution in [0.4, 0.5) is 0 Å². The fourth-order valence-electron chi connectivity index (χ4n) is 1.92. The zero-order valence-corrected chi connectivity index (χ0v) is 9.40. The number of benzene rings is 2. The molecule has 0 radical (unpaired) electrons. The van der Waals surface area contributed by atoms with Crippen LogP contribution in [0.15, 0.2) is 40.8 Å². The molecule has 1 aromatic heterocycles. The van der Waals surface area contributed by atoms with E-state index in [1.165, 1.54) is 5.39 Å². The molecule has 0 aliphatic rings. The Balaban J connectivity index is 2.41. The Morgan fingerprint density at radius 3 is 2.69 bits per heavy atom. The minimum absolute atomic E-state index is 0.325. The fraction of sp³-hybridized carbons (Fsp3) is 0.214. The number of nitrogens with zero attached hydrogens (tertiary/aromatic N) is 1. The Bertz CT molecular complexity index is 652. The maximum atomic E-state index is 5.83. The van der Waals surface area contributed by atoms with E-state index in [9.17, 15) is 0 Å². The summed E-state index contributed by atoms with van der Waals surface area (Å²) >= 11 is 0. The van der Waals surface area contributed by atoms with Crippen LogP contribution in [0.3, 0.4) is 0 Å². The zero-order valence-electron chi connectivity index (χ0n) is 9.40. The lowest BCUT2D eigenvalue weighted by atomic mass is 10.1. The van der Waals surface area contributed by atoms with Crippen molar-refractivity contribution >= 4 is 21.9 Å². The van der Waals surface area contributed by atoms with E-state index in [2.05, 4.69) is 37.0 Å². The van der Waals surface area contributed by atoms with Crippen molar-refractivity contribution in [3.05, 3.63) is 42.3 Å². The van der Waals surface area contributed by atoms with E-state index >= 15 is 0 Å². The molecule has 0 fully saturated rings. The molecule has 0 aliphatic carbocycles. The van der Waals surface area contributed by atoms with Crippen molar-refractivity contribution in [3.63, 3.8) is 0 Å². The Morgan fingerprint density at radius 1 is 1.06 bits per heavy atom. The molecule has 0 aliphatic heterocycles. The van der Waals surface area contributed by atoms with Gasteiger partial charge in [-0.25, -0.2) is 4.98 Å². The lowest BCUT2D eigenvalue weighted by Gasteiger charge is -1.96. The highest BCUT2D eigenvalue weighted by atomic mass is 16.3. The van der Waals surface area contributed by atoms with E-state index in [-0.39, 0.29) is 0 Å². The molecule has 0 atom stereocenters. The summed E-state index contributed by atoms with van der Waals surface area (Å²) in [7, 11) is 0. The number of fused-ring (bicyclic) bond motifs is 3. The molecule has 0 amide bonds. The van der Waals surface area contributed by atoms with Crippen LogP contribution in [0.2, 0.25) is 0 Å². The van der Waals surface area contributed by atoms with E-state index in [1.807, 2.05) is 18.2 Å². The van der Waals surface area contributed by atoms with Gasteiger partial charge in [-0.3, -0.25) is 0 Å². The summed E-state index contributed by atoms with van der Waals surface area (Å²) in [5.41, 5.74) is 1.85. The Kier molecular flexibility index (Phi) is 1.96. The molecule has 16 heavy (non-hydrogen) atoms. The van der Waals surface area contributed by atoms with E-state index < -0.39 is 0 Å².